The van der Waals surface area contributed by atoms with Gasteiger partial charge in [-0.2, -0.15) is 5.10 Å². The van der Waals surface area contributed by atoms with Crippen molar-refractivity contribution in [2.24, 2.45) is 0 Å². The van der Waals surface area contributed by atoms with Crippen molar-refractivity contribution in [1.82, 2.24) is 25.3 Å². The number of hydrogen-bond acceptors (Lipinski definition) is 3. The molecule has 1 saturated heterocycles. The number of aromatic nitrogens is 2. The zero-order valence-electron chi connectivity index (χ0n) is 14.3. The summed E-state index contributed by atoms with van der Waals surface area (Å²) in [6.07, 6.45) is 3.29. The number of urea groups is 1. The maximum absolute atomic E-state index is 12.0. The van der Waals surface area contributed by atoms with Crippen molar-refractivity contribution in [2.75, 3.05) is 19.6 Å². The Morgan fingerprint density at radius 2 is 1.83 bits per heavy atom. The van der Waals surface area contributed by atoms with Gasteiger partial charge in [0.1, 0.15) is 0 Å². The van der Waals surface area contributed by atoms with Gasteiger partial charge in [0.25, 0.3) is 0 Å². The quantitative estimate of drug-likeness (QED) is 0.859. The van der Waals surface area contributed by atoms with E-state index < -0.39 is 0 Å². The molecule has 0 unspecified atom stereocenters. The van der Waals surface area contributed by atoms with E-state index in [0.717, 1.165) is 49.4 Å². The predicted octanol–water partition coefficient (Wildman–Crippen LogP) is 1.33. The van der Waals surface area contributed by atoms with Crippen molar-refractivity contribution < 1.29 is 9.59 Å². The normalized spacial score (nSPS) is 14.7. The van der Waals surface area contributed by atoms with Crippen LogP contribution in [0.1, 0.15) is 43.1 Å². The second kappa shape index (κ2) is 7.99. The summed E-state index contributed by atoms with van der Waals surface area (Å²) in [5.41, 5.74) is 3.02. The van der Waals surface area contributed by atoms with E-state index in [4.69, 9.17) is 0 Å². The molecule has 7 heteroatoms. The number of likely N-dealkylation sites (tertiary alicyclic amines) is 1. The minimum Gasteiger partial charge on any atom is -0.341 e. The standard InChI is InChI=1S/C16H27N5O2/c1-4-21-13(3)14(12(2)19-21)10-17-16(23)18-11-15(22)20-8-6-5-7-9-20/h4-11H2,1-3H3,(H2,17,18,23). The van der Waals surface area contributed by atoms with Crippen molar-refractivity contribution in [1.29, 1.82) is 0 Å². The minimum atomic E-state index is -0.321. The van der Waals surface area contributed by atoms with Crippen molar-refractivity contribution in [3.8, 4) is 0 Å². The first-order chi connectivity index (χ1) is 11.0. The molecule has 1 aromatic rings. The van der Waals surface area contributed by atoms with Crippen LogP contribution in [0.3, 0.4) is 0 Å². The fourth-order valence-corrected chi connectivity index (χ4v) is 2.94. The predicted molar refractivity (Wildman–Crippen MR) is 88.0 cm³/mol. The number of piperidine rings is 1. The van der Waals surface area contributed by atoms with E-state index in [1.807, 2.05) is 30.4 Å². The molecule has 7 nitrogen and oxygen atoms in total. The zero-order chi connectivity index (χ0) is 16.8. The third-order valence-electron chi connectivity index (χ3n) is 4.37. The monoisotopic (exact) mass is 321 g/mol. The zero-order valence-corrected chi connectivity index (χ0v) is 14.3. The summed E-state index contributed by atoms with van der Waals surface area (Å²) < 4.78 is 1.92. The van der Waals surface area contributed by atoms with Crippen LogP contribution < -0.4 is 10.6 Å². The van der Waals surface area contributed by atoms with Crippen LogP contribution in [-0.2, 0) is 17.9 Å². The Morgan fingerprint density at radius 1 is 1.13 bits per heavy atom. The molecular weight excluding hydrogens is 294 g/mol. The van der Waals surface area contributed by atoms with Crippen LogP contribution in [0.15, 0.2) is 0 Å². The lowest BCUT2D eigenvalue weighted by Gasteiger charge is -2.26. The van der Waals surface area contributed by atoms with Crippen LogP contribution in [0.5, 0.6) is 0 Å². The van der Waals surface area contributed by atoms with E-state index in [0.29, 0.717) is 6.54 Å². The Morgan fingerprint density at radius 3 is 2.43 bits per heavy atom. The third-order valence-corrected chi connectivity index (χ3v) is 4.37. The van der Waals surface area contributed by atoms with Crippen molar-refractivity contribution in [3.05, 3.63) is 17.0 Å². The molecule has 2 heterocycles. The summed E-state index contributed by atoms with van der Waals surface area (Å²) in [5.74, 6) is -0.00832. The van der Waals surface area contributed by atoms with E-state index in [1.54, 1.807) is 0 Å². The topological polar surface area (TPSA) is 79.3 Å². The molecule has 1 aliphatic heterocycles. The van der Waals surface area contributed by atoms with Gasteiger partial charge in [-0.3, -0.25) is 9.48 Å². The largest absolute Gasteiger partial charge is 0.341 e. The Kier molecular flexibility index (Phi) is 6.01. The molecule has 128 valence electrons. The van der Waals surface area contributed by atoms with Gasteiger partial charge in [0.15, 0.2) is 0 Å². The minimum absolute atomic E-state index is 0.00832. The second-order valence-corrected chi connectivity index (χ2v) is 5.94. The van der Waals surface area contributed by atoms with Gasteiger partial charge < -0.3 is 15.5 Å². The number of amides is 3. The molecule has 23 heavy (non-hydrogen) atoms. The van der Waals surface area contributed by atoms with Crippen LogP contribution in [0, 0.1) is 13.8 Å². The lowest BCUT2D eigenvalue weighted by atomic mass is 10.1. The number of rotatable bonds is 5. The maximum atomic E-state index is 12.0. The molecule has 0 atom stereocenters. The summed E-state index contributed by atoms with van der Waals surface area (Å²) >= 11 is 0. The van der Waals surface area contributed by atoms with Crippen LogP contribution in [0.2, 0.25) is 0 Å². The number of nitrogens with zero attached hydrogens (tertiary/aromatic N) is 3. The summed E-state index contributed by atoms with van der Waals surface area (Å²) in [6, 6.07) is -0.321. The Hall–Kier alpha value is -2.05. The van der Waals surface area contributed by atoms with Crippen LogP contribution in [0.25, 0.3) is 0 Å². The highest BCUT2D eigenvalue weighted by Crippen LogP contribution is 2.12. The SMILES string of the molecule is CCn1nc(C)c(CNC(=O)NCC(=O)N2CCCCC2)c1C. The van der Waals surface area contributed by atoms with Gasteiger partial charge in [-0.1, -0.05) is 0 Å². The summed E-state index contributed by atoms with van der Waals surface area (Å²) in [5, 5.41) is 9.87. The van der Waals surface area contributed by atoms with Gasteiger partial charge in [-0.25, -0.2) is 4.79 Å². The molecule has 1 aliphatic rings. The van der Waals surface area contributed by atoms with Crippen LogP contribution >= 0.6 is 0 Å². The molecule has 0 aromatic carbocycles. The molecule has 0 aliphatic carbocycles. The molecule has 1 fully saturated rings. The maximum Gasteiger partial charge on any atom is 0.315 e. The number of aryl methyl sites for hydroxylation is 2. The Balaban J connectivity index is 1.77. The van der Waals surface area contributed by atoms with Crippen LogP contribution in [-0.4, -0.2) is 46.3 Å². The van der Waals surface area contributed by atoms with Gasteiger partial charge in [0, 0.05) is 37.4 Å². The van der Waals surface area contributed by atoms with E-state index >= 15 is 0 Å². The summed E-state index contributed by atoms with van der Waals surface area (Å²) in [4.78, 5) is 25.7. The highest BCUT2D eigenvalue weighted by molar-refractivity contribution is 5.84. The van der Waals surface area contributed by atoms with Gasteiger partial charge in [-0.05, 0) is 40.0 Å². The number of carbonyl (C=O) groups excluding carboxylic acids is 2. The van der Waals surface area contributed by atoms with Gasteiger partial charge >= 0.3 is 6.03 Å². The molecule has 0 radical (unpaired) electrons. The average Bonchev–Trinajstić information content (AvgIpc) is 2.85. The molecule has 2 rings (SSSR count). The molecule has 3 amide bonds. The van der Waals surface area contributed by atoms with E-state index in [1.165, 1.54) is 6.42 Å². The van der Waals surface area contributed by atoms with E-state index in [2.05, 4.69) is 15.7 Å². The molecule has 0 spiro atoms. The Labute approximate surface area is 137 Å². The second-order valence-electron chi connectivity index (χ2n) is 5.94. The smallest absolute Gasteiger partial charge is 0.315 e. The van der Waals surface area contributed by atoms with Crippen molar-refractivity contribution in [2.45, 2.75) is 53.1 Å². The number of nitrogens with one attached hydrogen (secondary N) is 2. The molecular formula is C16H27N5O2. The average molecular weight is 321 g/mol. The fraction of sp³-hybridized carbons (Fsp3) is 0.688. The lowest BCUT2D eigenvalue weighted by molar-refractivity contribution is -0.130. The third kappa shape index (κ3) is 4.46. The first-order valence-electron chi connectivity index (χ1n) is 8.35. The van der Waals surface area contributed by atoms with Crippen molar-refractivity contribution >= 4 is 11.9 Å². The number of carbonyl (C=O) groups is 2. The summed E-state index contributed by atoms with van der Waals surface area (Å²) in [7, 11) is 0. The lowest BCUT2D eigenvalue weighted by Crippen LogP contribution is -2.45. The van der Waals surface area contributed by atoms with Gasteiger partial charge in [0.05, 0.1) is 12.2 Å². The Bertz CT molecular complexity index is 561. The van der Waals surface area contributed by atoms with Gasteiger partial charge in [-0.15, -0.1) is 0 Å². The highest BCUT2D eigenvalue weighted by atomic mass is 16.2. The first kappa shape index (κ1) is 17.3. The fourth-order valence-electron chi connectivity index (χ4n) is 2.94. The van der Waals surface area contributed by atoms with Crippen molar-refractivity contribution in [3.63, 3.8) is 0 Å². The van der Waals surface area contributed by atoms with Crippen LogP contribution in [0.4, 0.5) is 4.79 Å². The van der Waals surface area contributed by atoms with E-state index in [9.17, 15) is 9.59 Å². The summed E-state index contributed by atoms with van der Waals surface area (Å²) in [6.45, 7) is 8.86. The highest BCUT2D eigenvalue weighted by Gasteiger charge is 2.17. The molecule has 0 saturated carbocycles. The number of hydrogen-bond donors (Lipinski definition) is 2. The molecule has 1 aromatic heterocycles. The first-order valence-corrected chi connectivity index (χ1v) is 8.35. The van der Waals surface area contributed by atoms with E-state index in [-0.39, 0.29) is 18.5 Å². The molecule has 2 N–H and O–H groups in total. The van der Waals surface area contributed by atoms with Gasteiger partial charge in [0.2, 0.25) is 5.91 Å². The molecule has 0 bridgehead atoms.